The number of amides is 7. The molecule has 350 valence electrons. The second-order valence-electron chi connectivity index (χ2n) is 16.9. The number of aromatic amines is 1. The van der Waals surface area contributed by atoms with E-state index in [9.17, 15) is 38.7 Å². The molecule has 0 fully saturated rings. The number of fused-ring (bicyclic) bond motifs is 4. The summed E-state index contributed by atoms with van der Waals surface area (Å²) in [6, 6.07) is 20.8. The van der Waals surface area contributed by atoms with Crippen LogP contribution in [0.5, 0.6) is 5.75 Å². The molecule has 0 radical (unpaired) electrons. The molecule has 7 amide bonds. The average molecular weight is 932 g/mol. The number of halogens is 1. The van der Waals surface area contributed by atoms with Crippen molar-refractivity contribution < 1.29 is 38.7 Å². The lowest BCUT2D eigenvalue weighted by Crippen LogP contribution is -2.54. The van der Waals surface area contributed by atoms with Gasteiger partial charge >= 0.3 is 0 Å². The van der Waals surface area contributed by atoms with E-state index in [4.69, 9.17) is 17.3 Å². The number of aromatic nitrogens is 1. The average Bonchev–Trinajstić information content (AvgIpc) is 4.01. The summed E-state index contributed by atoms with van der Waals surface area (Å²) in [5, 5.41) is 27.6. The molecular formula is C49H54ClN9O8. The Balaban J connectivity index is 0.909. The Morgan fingerprint density at radius 3 is 2.28 bits per heavy atom. The van der Waals surface area contributed by atoms with Gasteiger partial charge in [0, 0.05) is 95.8 Å². The van der Waals surface area contributed by atoms with Crippen molar-refractivity contribution >= 4 is 91.7 Å². The summed E-state index contributed by atoms with van der Waals surface area (Å²) in [6.45, 7) is 5.03. The number of nitrogens with two attached hydrogens (primary N) is 1. The summed E-state index contributed by atoms with van der Waals surface area (Å²) < 4.78 is 0. The van der Waals surface area contributed by atoms with Gasteiger partial charge in [-0.15, -0.1) is 11.6 Å². The minimum atomic E-state index is -0.909. The number of phenolic OH excluding ortho intramolecular Hbond substituents is 1. The van der Waals surface area contributed by atoms with E-state index in [1.807, 2.05) is 38.1 Å². The summed E-state index contributed by atoms with van der Waals surface area (Å²) in [5.74, 6) is -2.47. The van der Waals surface area contributed by atoms with Gasteiger partial charge in [-0.3, -0.25) is 38.5 Å². The number of nitrogens with one attached hydrogen (secondary N) is 6. The monoisotopic (exact) mass is 931 g/mol. The van der Waals surface area contributed by atoms with Crippen LogP contribution in [-0.2, 0) is 24.0 Å². The molecule has 3 atom stereocenters. The number of hydrogen-bond acceptors (Lipinski definition) is 10. The molecule has 0 bridgehead atoms. The Hall–Kier alpha value is -7.08. The predicted octanol–water partition coefficient (Wildman–Crippen LogP) is 4.86. The smallest absolute Gasteiger partial charge is 0.274 e. The lowest BCUT2D eigenvalue weighted by atomic mass is 9.95. The van der Waals surface area contributed by atoms with E-state index in [0.717, 1.165) is 15.8 Å². The van der Waals surface area contributed by atoms with E-state index in [1.54, 1.807) is 59.5 Å². The minimum absolute atomic E-state index is 0.0814. The summed E-state index contributed by atoms with van der Waals surface area (Å²) in [4.78, 5) is 96.0. The molecule has 67 heavy (non-hydrogen) atoms. The molecule has 3 heterocycles. The van der Waals surface area contributed by atoms with Gasteiger partial charge in [0.2, 0.25) is 17.7 Å². The third-order valence-corrected chi connectivity index (χ3v) is 12.2. The molecule has 0 saturated heterocycles. The van der Waals surface area contributed by atoms with E-state index in [0.29, 0.717) is 76.4 Å². The number of H-pyrrole nitrogens is 1. The van der Waals surface area contributed by atoms with Gasteiger partial charge in [0.25, 0.3) is 23.6 Å². The van der Waals surface area contributed by atoms with Crippen molar-refractivity contribution in [1.29, 1.82) is 0 Å². The van der Waals surface area contributed by atoms with Gasteiger partial charge in [0.05, 0.1) is 11.7 Å². The molecule has 4 aromatic carbocycles. The molecule has 0 spiro atoms. The fourth-order valence-electron chi connectivity index (χ4n) is 8.40. The Bertz CT molecular complexity index is 2720. The zero-order chi connectivity index (χ0) is 47.8. The third-order valence-electron chi connectivity index (χ3n) is 11.9. The van der Waals surface area contributed by atoms with E-state index in [1.165, 1.54) is 12.2 Å². The molecule has 7 rings (SSSR count). The Morgan fingerprint density at radius 1 is 0.866 bits per heavy atom. The maximum atomic E-state index is 14.0. The van der Waals surface area contributed by atoms with E-state index >= 15 is 0 Å². The Morgan fingerprint density at radius 2 is 1.58 bits per heavy atom. The van der Waals surface area contributed by atoms with Crippen LogP contribution in [0.2, 0.25) is 0 Å². The second kappa shape index (κ2) is 21.5. The number of hydrogen-bond donors (Lipinski definition) is 8. The van der Waals surface area contributed by atoms with Gasteiger partial charge in [0.1, 0.15) is 17.5 Å². The highest BCUT2D eigenvalue weighted by Crippen LogP contribution is 2.45. The summed E-state index contributed by atoms with van der Waals surface area (Å²) in [5.41, 5.74) is 9.56. The molecule has 0 unspecified atom stereocenters. The molecule has 2 aliphatic rings. The van der Waals surface area contributed by atoms with E-state index in [-0.39, 0.29) is 61.9 Å². The quantitative estimate of drug-likeness (QED) is 0.0299. The first-order valence-corrected chi connectivity index (χ1v) is 22.8. The van der Waals surface area contributed by atoms with Gasteiger partial charge < -0.3 is 47.3 Å². The summed E-state index contributed by atoms with van der Waals surface area (Å²) in [6.07, 6.45) is 3.59. The zero-order valence-corrected chi connectivity index (χ0v) is 38.0. The highest BCUT2D eigenvalue weighted by molar-refractivity contribution is 6.19. The normalized spacial score (nSPS) is 15.3. The number of aromatic hydroxyl groups is 1. The fraction of sp³-hybridized carbons (Fsp3) is 0.327. The lowest BCUT2D eigenvalue weighted by molar-refractivity contribution is -0.137. The van der Waals surface area contributed by atoms with Crippen molar-refractivity contribution in [2.45, 2.75) is 57.5 Å². The van der Waals surface area contributed by atoms with Crippen molar-refractivity contribution in [2.75, 3.05) is 54.1 Å². The topological polar surface area (TPSA) is 248 Å². The van der Waals surface area contributed by atoms with Gasteiger partial charge in [0.15, 0.2) is 0 Å². The van der Waals surface area contributed by atoms with Gasteiger partial charge in [-0.05, 0) is 91.2 Å². The summed E-state index contributed by atoms with van der Waals surface area (Å²) >= 11 is 6.39. The molecule has 0 aliphatic carbocycles. The van der Waals surface area contributed by atoms with E-state index < -0.39 is 41.6 Å². The van der Waals surface area contributed by atoms with Crippen LogP contribution in [0.1, 0.15) is 71.9 Å². The molecular weight excluding hydrogens is 878 g/mol. The molecule has 9 N–H and O–H groups in total. The fourth-order valence-corrected chi connectivity index (χ4v) is 8.66. The number of alkyl halides is 1. The van der Waals surface area contributed by atoms with Gasteiger partial charge in [-0.25, -0.2) is 0 Å². The predicted molar refractivity (Wildman–Crippen MR) is 257 cm³/mol. The highest BCUT2D eigenvalue weighted by atomic mass is 35.5. The SMILES string of the molecule is CC(C)[C@H](NCCNC(=O)CCCN1C(=O)C=CC1=O)C(=O)N[C@@H](CCCN)C(=O)Nc1ccc(C(=O)Nc2ccc3[nH]c(C(=O)N4C[C@@H](CCl)c5c4cc(O)c4ccccc54)cc3c2)cc1. The Labute approximate surface area is 391 Å². The molecule has 1 aromatic heterocycles. The van der Waals surface area contributed by atoms with Crippen LogP contribution in [0.4, 0.5) is 17.1 Å². The molecule has 17 nitrogen and oxygen atoms in total. The van der Waals surface area contributed by atoms with Crippen molar-refractivity contribution in [2.24, 2.45) is 11.7 Å². The maximum absolute atomic E-state index is 14.0. The third kappa shape index (κ3) is 11.1. The number of rotatable bonds is 20. The van der Waals surface area contributed by atoms with Gasteiger partial charge in [-0.1, -0.05) is 38.1 Å². The van der Waals surface area contributed by atoms with Crippen LogP contribution in [0, 0.1) is 5.92 Å². The largest absolute Gasteiger partial charge is 0.507 e. The van der Waals surface area contributed by atoms with Crippen molar-refractivity contribution in [3.05, 3.63) is 108 Å². The van der Waals surface area contributed by atoms with Crippen molar-refractivity contribution in [3.63, 3.8) is 0 Å². The lowest BCUT2D eigenvalue weighted by Gasteiger charge is -2.25. The zero-order valence-electron chi connectivity index (χ0n) is 37.2. The number of benzene rings is 4. The summed E-state index contributed by atoms with van der Waals surface area (Å²) in [7, 11) is 0. The molecule has 0 saturated carbocycles. The standard InChI is InChI=1S/C49H54ClN9O8/c1-28(2)45(53-21-20-52-41(61)10-6-22-58-42(62)17-18-43(58)63)48(66)57-37(9-5-19-51)47(65)54-32-13-11-29(12-14-32)46(64)55-33-15-16-36-30(23-33)24-38(56-36)49(67)59-27-31(26-50)44-35-8-4-3-7-34(35)40(60)25-39(44)59/h3-4,7-8,11-18,23-25,28,31,37,45,53,56,60H,5-6,9-10,19-22,26-27,51H2,1-2H3,(H,52,61)(H,54,65)(H,55,64)(H,57,66)/t31-,37+,45+/m1/s1. The number of carbonyl (C=O) groups is 7. The first-order chi connectivity index (χ1) is 32.3. The number of imide groups is 1. The van der Waals surface area contributed by atoms with Crippen LogP contribution >= 0.6 is 11.6 Å². The second-order valence-corrected chi connectivity index (χ2v) is 17.2. The van der Waals surface area contributed by atoms with Crippen molar-refractivity contribution in [3.8, 4) is 5.75 Å². The minimum Gasteiger partial charge on any atom is -0.507 e. The van der Waals surface area contributed by atoms with Crippen LogP contribution in [0.3, 0.4) is 0 Å². The van der Waals surface area contributed by atoms with Crippen molar-refractivity contribution in [1.82, 2.24) is 25.8 Å². The molecule has 2 aliphatic heterocycles. The van der Waals surface area contributed by atoms with Crippen LogP contribution in [0.25, 0.3) is 21.7 Å². The van der Waals surface area contributed by atoms with Crippen LogP contribution in [0.15, 0.2) is 91.0 Å². The molecule has 18 heteroatoms. The number of carbonyl (C=O) groups excluding carboxylic acids is 7. The number of nitrogens with zero attached hydrogens (tertiary/aromatic N) is 2. The van der Waals surface area contributed by atoms with E-state index in [2.05, 4.69) is 31.6 Å². The molecule has 5 aromatic rings. The van der Waals surface area contributed by atoms with Crippen LogP contribution in [-0.4, -0.2) is 107 Å². The Kier molecular flexibility index (Phi) is 15.3. The first kappa shape index (κ1) is 47.9. The first-order valence-electron chi connectivity index (χ1n) is 22.3. The van der Waals surface area contributed by atoms with Gasteiger partial charge in [-0.2, -0.15) is 0 Å². The maximum Gasteiger partial charge on any atom is 0.274 e. The highest BCUT2D eigenvalue weighted by Gasteiger charge is 2.35. The number of phenols is 1. The van der Waals surface area contributed by atoms with Crippen LogP contribution < -0.4 is 37.2 Å². The number of anilines is 3.